The average Bonchev–Trinajstić information content (AvgIpc) is 3.03. The van der Waals surface area contributed by atoms with Crippen molar-refractivity contribution < 1.29 is 14.3 Å². The molecule has 0 aliphatic rings. The van der Waals surface area contributed by atoms with E-state index in [1.165, 1.54) is 11.3 Å². The normalized spacial score (nSPS) is 10.5. The molecule has 0 fully saturated rings. The number of aromatic nitrogens is 1. The number of rotatable bonds is 5. The Kier molecular flexibility index (Phi) is 5.25. The van der Waals surface area contributed by atoms with Crippen LogP contribution in [-0.4, -0.2) is 25.2 Å². The van der Waals surface area contributed by atoms with E-state index in [0.29, 0.717) is 33.7 Å². The van der Waals surface area contributed by atoms with Crippen LogP contribution in [0.5, 0.6) is 11.5 Å². The molecule has 2 amide bonds. The molecule has 0 unspecified atom stereocenters. The number of urea groups is 1. The lowest BCUT2D eigenvalue weighted by Gasteiger charge is -2.05. The zero-order valence-electron chi connectivity index (χ0n) is 13.6. The van der Waals surface area contributed by atoms with Gasteiger partial charge < -0.3 is 14.8 Å². The number of methoxy groups -OCH3 is 2. The zero-order valence-corrected chi connectivity index (χ0v) is 15.2. The highest BCUT2D eigenvalue weighted by atomic mass is 35.5. The van der Waals surface area contributed by atoms with E-state index in [4.69, 9.17) is 21.1 Å². The highest BCUT2D eigenvalue weighted by Crippen LogP contribution is 2.38. The molecule has 0 aliphatic carbocycles. The Balaban J connectivity index is 1.71. The Morgan fingerprint density at radius 3 is 2.48 bits per heavy atom. The maximum Gasteiger partial charge on any atom is 0.321 e. The van der Waals surface area contributed by atoms with Crippen LogP contribution in [0.25, 0.3) is 10.2 Å². The number of carbonyl (C=O) groups is 1. The maximum absolute atomic E-state index is 12.1. The van der Waals surface area contributed by atoms with E-state index in [0.717, 1.165) is 10.3 Å². The molecule has 2 N–H and O–H groups in total. The van der Waals surface area contributed by atoms with E-state index >= 15 is 0 Å². The molecule has 0 spiro atoms. The molecule has 0 saturated heterocycles. The van der Waals surface area contributed by atoms with Crippen molar-refractivity contribution in [2.75, 3.05) is 19.5 Å². The van der Waals surface area contributed by atoms with Crippen molar-refractivity contribution in [3.8, 4) is 11.5 Å². The smallest absolute Gasteiger partial charge is 0.321 e. The average molecular weight is 378 g/mol. The second-order valence-electron chi connectivity index (χ2n) is 5.10. The minimum Gasteiger partial charge on any atom is -0.495 e. The lowest BCUT2D eigenvalue weighted by Crippen LogP contribution is -2.28. The molecular weight excluding hydrogens is 362 g/mol. The Bertz CT molecular complexity index is 855. The Morgan fingerprint density at radius 2 is 1.80 bits per heavy atom. The van der Waals surface area contributed by atoms with E-state index in [-0.39, 0.29) is 6.03 Å². The topological polar surface area (TPSA) is 72.5 Å². The molecule has 0 saturated carbocycles. The summed E-state index contributed by atoms with van der Waals surface area (Å²) in [6, 6.07) is 10.5. The first-order chi connectivity index (χ1) is 12.1. The highest BCUT2D eigenvalue weighted by molar-refractivity contribution is 7.22. The van der Waals surface area contributed by atoms with Gasteiger partial charge in [0, 0.05) is 11.6 Å². The number of nitrogens with zero attached hydrogens (tertiary/aromatic N) is 1. The van der Waals surface area contributed by atoms with Crippen LogP contribution < -0.4 is 20.1 Å². The van der Waals surface area contributed by atoms with Crippen molar-refractivity contribution in [1.29, 1.82) is 0 Å². The Labute approximate surface area is 153 Å². The van der Waals surface area contributed by atoms with Crippen molar-refractivity contribution in [3.05, 3.63) is 47.0 Å². The molecule has 2 aromatic carbocycles. The number of fused-ring (bicyclic) bond motifs is 1. The standard InChI is InChI=1S/C17H16ClN3O3S/c1-23-12-7-8-13(24-2)15-14(12)20-17(25-15)21-16(22)19-9-10-3-5-11(18)6-4-10/h3-8H,9H2,1-2H3,(H2,19,20,21,22). The summed E-state index contributed by atoms with van der Waals surface area (Å²) < 4.78 is 11.5. The van der Waals surface area contributed by atoms with Crippen LogP contribution >= 0.6 is 22.9 Å². The quantitative estimate of drug-likeness (QED) is 0.695. The molecular formula is C17H16ClN3O3S. The number of thiazole rings is 1. The molecule has 0 bridgehead atoms. The van der Waals surface area contributed by atoms with Gasteiger partial charge in [-0.3, -0.25) is 5.32 Å². The fourth-order valence-electron chi connectivity index (χ4n) is 2.26. The highest BCUT2D eigenvalue weighted by Gasteiger charge is 2.15. The van der Waals surface area contributed by atoms with E-state index < -0.39 is 0 Å². The van der Waals surface area contributed by atoms with Gasteiger partial charge in [-0.2, -0.15) is 0 Å². The van der Waals surface area contributed by atoms with Crippen molar-refractivity contribution >= 4 is 44.3 Å². The van der Waals surface area contributed by atoms with Crippen LogP contribution in [0.1, 0.15) is 5.56 Å². The molecule has 6 nitrogen and oxygen atoms in total. The summed E-state index contributed by atoms with van der Waals surface area (Å²) >= 11 is 7.17. The summed E-state index contributed by atoms with van der Waals surface area (Å²) in [5.41, 5.74) is 1.60. The van der Waals surface area contributed by atoms with Crippen LogP contribution in [0.2, 0.25) is 5.02 Å². The lowest BCUT2D eigenvalue weighted by molar-refractivity contribution is 0.251. The first-order valence-electron chi connectivity index (χ1n) is 7.41. The third-order valence-electron chi connectivity index (χ3n) is 3.50. The van der Waals surface area contributed by atoms with Crippen LogP contribution in [0.15, 0.2) is 36.4 Å². The fraction of sp³-hybridized carbons (Fsp3) is 0.176. The van der Waals surface area contributed by atoms with Crippen molar-refractivity contribution in [3.63, 3.8) is 0 Å². The second-order valence-corrected chi connectivity index (χ2v) is 6.54. The molecule has 0 atom stereocenters. The minimum absolute atomic E-state index is 0.341. The number of hydrogen-bond acceptors (Lipinski definition) is 5. The third kappa shape index (κ3) is 3.94. The number of nitrogens with one attached hydrogen (secondary N) is 2. The molecule has 25 heavy (non-hydrogen) atoms. The van der Waals surface area contributed by atoms with E-state index in [1.54, 1.807) is 32.4 Å². The van der Waals surface area contributed by atoms with Gasteiger partial charge in [0.1, 0.15) is 21.7 Å². The van der Waals surface area contributed by atoms with Gasteiger partial charge in [-0.1, -0.05) is 35.1 Å². The lowest BCUT2D eigenvalue weighted by atomic mass is 10.2. The van der Waals surface area contributed by atoms with Crippen LogP contribution in [0.3, 0.4) is 0 Å². The predicted molar refractivity (Wildman–Crippen MR) is 100 cm³/mol. The number of anilines is 1. The summed E-state index contributed by atoms with van der Waals surface area (Å²) in [4.78, 5) is 16.5. The van der Waals surface area contributed by atoms with Gasteiger partial charge in [0.15, 0.2) is 5.13 Å². The summed E-state index contributed by atoms with van der Waals surface area (Å²) in [5, 5.41) is 6.64. The molecule has 1 aromatic heterocycles. The SMILES string of the molecule is COc1ccc(OC)c2sc(NC(=O)NCc3ccc(Cl)cc3)nc12. The largest absolute Gasteiger partial charge is 0.495 e. The minimum atomic E-state index is -0.341. The van der Waals surface area contributed by atoms with E-state index in [9.17, 15) is 4.79 Å². The van der Waals surface area contributed by atoms with Crippen LogP contribution in [-0.2, 0) is 6.54 Å². The number of carbonyl (C=O) groups excluding carboxylic acids is 1. The molecule has 3 rings (SSSR count). The Morgan fingerprint density at radius 1 is 1.12 bits per heavy atom. The van der Waals surface area contributed by atoms with Gasteiger partial charge in [-0.05, 0) is 29.8 Å². The second kappa shape index (κ2) is 7.58. The van der Waals surface area contributed by atoms with Gasteiger partial charge in [0.05, 0.1) is 14.2 Å². The molecule has 1 heterocycles. The Hall–Kier alpha value is -2.51. The number of benzene rings is 2. The van der Waals surface area contributed by atoms with E-state index in [1.807, 2.05) is 18.2 Å². The third-order valence-corrected chi connectivity index (χ3v) is 4.73. The summed E-state index contributed by atoms with van der Waals surface area (Å²) in [6.45, 7) is 0.389. The molecule has 3 aromatic rings. The summed E-state index contributed by atoms with van der Waals surface area (Å²) in [5.74, 6) is 1.31. The van der Waals surface area contributed by atoms with Crippen LogP contribution in [0, 0.1) is 0 Å². The van der Waals surface area contributed by atoms with Crippen molar-refractivity contribution in [1.82, 2.24) is 10.3 Å². The molecule has 130 valence electrons. The van der Waals surface area contributed by atoms with Gasteiger partial charge in [-0.25, -0.2) is 9.78 Å². The van der Waals surface area contributed by atoms with Crippen molar-refractivity contribution in [2.45, 2.75) is 6.54 Å². The molecule has 0 aliphatic heterocycles. The summed E-state index contributed by atoms with van der Waals surface area (Å²) in [7, 11) is 3.17. The maximum atomic E-state index is 12.1. The number of ether oxygens (including phenoxy) is 2. The zero-order chi connectivity index (χ0) is 17.8. The van der Waals surface area contributed by atoms with E-state index in [2.05, 4.69) is 15.6 Å². The summed E-state index contributed by atoms with van der Waals surface area (Å²) in [6.07, 6.45) is 0. The molecule has 8 heteroatoms. The monoisotopic (exact) mass is 377 g/mol. The van der Waals surface area contributed by atoms with Gasteiger partial charge in [0.2, 0.25) is 0 Å². The van der Waals surface area contributed by atoms with Crippen LogP contribution in [0.4, 0.5) is 9.93 Å². The van der Waals surface area contributed by atoms with Gasteiger partial charge in [-0.15, -0.1) is 0 Å². The first-order valence-corrected chi connectivity index (χ1v) is 8.61. The van der Waals surface area contributed by atoms with Crippen molar-refractivity contribution in [2.24, 2.45) is 0 Å². The number of amides is 2. The number of hydrogen-bond donors (Lipinski definition) is 2. The predicted octanol–water partition coefficient (Wildman–Crippen LogP) is 4.29. The van der Waals surface area contributed by atoms with Gasteiger partial charge in [0.25, 0.3) is 0 Å². The van der Waals surface area contributed by atoms with Gasteiger partial charge >= 0.3 is 6.03 Å². The fourth-order valence-corrected chi connectivity index (χ4v) is 3.36. The molecule has 0 radical (unpaired) electrons. The number of halogens is 1. The first kappa shape index (κ1) is 17.3.